The minimum absolute atomic E-state index is 0.0744. The highest BCUT2D eigenvalue weighted by Gasteiger charge is 2.22. The first-order valence-corrected chi connectivity index (χ1v) is 6.70. The van der Waals surface area contributed by atoms with Crippen LogP contribution in [0.5, 0.6) is 0 Å². The van der Waals surface area contributed by atoms with Crippen molar-refractivity contribution in [2.45, 2.75) is 51.5 Å². The van der Waals surface area contributed by atoms with Crippen molar-refractivity contribution in [2.24, 2.45) is 11.7 Å². The standard InChI is InChI=1S/C13H23NO4/c1-10(14)12(15)17-8-5-9-18-13(16)11-6-3-2-4-7-11/h10-11H,2-9,14H2,1H3. The largest absolute Gasteiger partial charge is 0.465 e. The number of carbonyl (C=O) groups excluding carboxylic acids is 2. The SMILES string of the molecule is CC(N)C(=O)OCCCOC(=O)C1CCCCC1. The van der Waals surface area contributed by atoms with Gasteiger partial charge in [-0.3, -0.25) is 9.59 Å². The Morgan fingerprint density at radius 3 is 2.39 bits per heavy atom. The monoisotopic (exact) mass is 257 g/mol. The van der Waals surface area contributed by atoms with E-state index in [1.165, 1.54) is 6.42 Å². The average Bonchev–Trinajstić information content (AvgIpc) is 2.38. The smallest absolute Gasteiger partial charge is 0.322 e. The Morgan fingerprint density at radius 2 is 1.78 bits per heavy atom. The van der Waals surface area contributed by atoms with Gasteiger partial charge >= 0.3 is 11.9 Å². The van der Waals surface area contributed by atoms with Gasteiger partial charge in [-0.1, -0.05) is 19.3 Å². The second-order valence-corrected chi connectivity index (χ2v) is 4.81. The van der Waals surface area contributed by atoms with Crippen molar-refractivity contribution in [3.05, 3.63) is 0 Å². The van der Waals surface area contributed by atoms with Crippen LogP contribution in [0.2, 0.25) is 0 Å². The fourth-order valence-corrected chi connectivity index (χ4v) is 1.99. The topological polar surface area (TPSA) is 78.6 Å². The predicted octanol–water partition coefficient (Wildman–Crippen LogP) is 1.39. The van der Waals surface area contributed by atoms with Gasteiger partial charge in [-0.15, -0.1) is 0 Å². The summed E-state index contributed by atoms with van der Waals surface area (Å²) in [5.74, 6) is -0.452. The van der Waals surface area contributed by atoms with E-state index in [1.54, 1.807) is 6.92 Å². The van der Waals surface area contributed by atoms with E-state index in [4.69, 9.17) is 15.2 Å². The Kier molecular flexibility index (Phi) is 6.72. The van der Waals surface area contributed by atoms with E-state index in [1.807, 2.05) is 0 Å². The first-order valence-electron chi connectivity index (χ1n) is 6.70. The van der Waals surface area contributed by atoms with Gasteiger partial charge in [0, 0.05) is 6.42 Å². The zero-order valence-corrected chi connectivity index (χ0v) is 11.0. The Labute approximate surface area is 108 Å². The molecule has 5 heteroatoms. The molecule has 18 heavy (non-hydrogen) atoms. The molecule has 1 atom stereocenters. The maximum Gasteiger partial charge on any atom is 0.322 e. The number of rotatable bonds is 6. The molecule has 1 rings (SSSR count). The van der Waals surface area contributed by atoms with Crippen molar-refractivity contribution < 1.29 is 19.1 Å². The van der Waals surface area contributed by atoms with Crippen molar-refractivity contribution in [3.63, 3.8) is 0 Å². The summed E-state index contributed by atoms with van der Waals surface area (Å²) in [6, 6.07) is -0.602. The molecule has 104 valence electrons. The number of ether oxygens (including phenoxy) is 2. The van der Waals surface area contributed by atoms with Crippen molar-refractivity contribution in [3.8, 4) is 0 Å². The predicted molar refractivity (Wildman–Crippen MR) is 66.8 cm³/mol. The van der Waals surface area contributed by atoms with Gasteiger partial charge in [-0.25, -0.2) is 0 Å². The molecular formula is C13H23NO4. The molecule has 0 aromatic heterocycles. The Balaban J connectivity index is 2.03. The number of esters is 2. The summed E-state index contributed by atoms with van der Waals surface area (Å²) in [5.41, 5.74) is 5.34. The lowest BCUT2D eigenvalue weighted by atomic mass is 9.89. The lowest BCUT2D eigenvalue weighted by Crippen LogP contribution is -2.29. The van der Waals surface area contributed by atoms with Crippen LogP contribution in [0.1, 0.15) is 45.4 Å². The molecule has 0 spiro atoms. The van der Waals surface area contributed by atoms with Gasteiger partial charge in [-0.05, 0) is 19.8 Å². The first-order chi connectivity index (χ1) is 8.61. The summed E-state index contributed by atoms with van der Waals surface area (Å²) in [4.78, 5) is 22.7. The third-order valence-corrected chi connectivity index (χ3v) is 3.09. The first kappa shape index (κ1) is 15.0. The van der Waals surface area contributed by atoms with Gasteiger partial charge < -0.3 is 15.2 Å². The molecule has 1 fully saturated rings. The third-order valence-electron chi connectivity index (χ3n) is 3.09. The molecule has 1 unspecified atom stereocenters. The van der Waals surface area contributed by atoms with Gasteiger partial charge in [0.1, 0.15) is 6.04 Å². The Morgan fingerprint density at radius 1 is 1.17 bits per heavy atom. The second kappa shape index (κ2) is 8.08. The average molecular weight is 257 g/mol. The van der Waals surface area contributed by atoms with Gasteiger partial charge in [0.05, 0.1) is 19.1 Å². The molecule has 1 aliphatic rings. The summed E-state index contributed by atoms with van der Waals surface area (Å²) >= 11 is 0. The van der Waals surface area contributed by atoms with Crippen molar-refractivity contribution in [1.82, 2.24) is 0 Å². The summed E-state index contributed by atoms with van der Waals surface area (Å²) in [7, 11) is 0. The Hall–Kier alpha value is -1.10. The van der Waals surface area contributed by atoms with E-state index >= 15 is 0 Å². The molecule has 0 aromatic carbocycles. The maximum atomic E-state index is 11.7. The number of hydrogen-bond acceptors (Lipinski definition) is 5. The minimum atomic E-state index is -0.602. The summed E-state index contributed by atoms with van der Waals surface area (Å²) in [6.45, 7) is 2.13. The number of hydrogen-bond donors (Lipinski definition) is 1. The molecule has 0 saturated heterocycles. The van der Waals surface area contributed by atoms with Crippen LogP contribution in [0.15, 0.2) is 0 Å². The van der Waals surface area contributed by atoms with E-state index in [0.29, 0.717) is 13.0 Å². The Bertz CT molecular complexity index is 272. The number of carbonyl (C=O) groups is 2. The highest BCUT2D eigenvalue weighted by atomic mass is 16.5. The molecule has 0 heterocycles. The summed E-state index contributed by atoms with van der Waals surface area (Å²) < 4.78 is 10.0. The fraction of sp³-hybridized carbons (Fsp3) is 0.846. The molecule has 0 bridgehead atoms. The van der Waals surface area contributed by atoms with Crippen molar-refractivity contribution >= 4 is 11.9 Å². The molecule has 1 aliphatic carbocycles. The van der Waals surface area contributed by atoms with Crippen LogP contribution in [0.25, 0.3) is 0 Å². The van der Waals surface area contributed by atoms with Crippen LogP contribution in [-0.4, -0.2) is 31.2 Å². The van der Waals surface area contributed by atoms with Gasteiger partial charge in [0.2, 0.25) is 0 Å². The van der Waals surface area contributed by atoms with Crippen molar-refractivity contribution in [2.75, 3.05) is 13.2 Å². The lowest BCUT2D eigenvalue weighted by Gasteiger charge is -2.19. The van der Waals surface area contributed by atoms with Crippen molar-refractivity contribution in [1.29, 1.82) is 0 Å². The minimum Gasteiger partial charge on any atom is -0.465 e. The molecule has 5 nitrogen and oxygen atoms in total. The normalized spacial score (nSPS) is 18.1. The molecule has 0 radical (unpaired) electrons. The summed E-state index contributed by atoms with van der Waals surface area (Å²) in [5, 5.41) is 0. The van der Waals surface area contributed by atoms with Crippen LogP contribution in [0.3, 0.4) is 0 Å². The van der Waals surface area contributed by atoms with Crippen LogP contribution >= 0.6 is 0 Å². The van der Waals surface area contributed by atoms with Gasteiger partial charge in [0.15, 0.2) is 0 Å². The third kappa shape index (κ3) is 5.49. The zero-order chi connectivity index (χ0) is 13.4. The highest BCUT2D eigenvalue weighted by molar-refractivity contribution is 5.74. The lowest BCUT2D eigenvalue weighted by molar-refractivity contribution is -0.150. The van der Waals surface area contributed by atoms with Crippen LogP contribution in [-0.2, 0) is 19.1 Å². The maximum absolute atomic E-state index is 11.7. The van der Waals surface area contributed by atoms with E-state index in [-0.39, 0.29) is 18.5 Å². The molecule has 0 aliphatic heterocycles. The molecular weight excluding hydrogens is 234 g/mol. The van der Waals surface area contributed by atoms with Gasteiger partial charge in [0.25, 0.3) is 0 Å². The molecule has 0 amide bonds. The van der Waals surface area contributed by atoms with Crippen LogP contribution in [0.4, 0.5) is 0 Å². The highest BCUT2D eigenvalue weighted by Crippen LogP contribution is 2.24. The number of nitrogens with two attached hydrogens (primary N) is 1. The van der Waals surface area contributed by atoms with Crippen LogP contribution in [0, 0.1) is 5.92 Å². The fourth-order valence-electron chi connectivity index (χ4n) is 1.99. The van der Waals surface area contributed by atoms with E-state index < -0.39 is 12.0 Å². The molecule has 2 N–H and O–H groups in total. The van der Waals surface area contributed by atoms with E-state index in [2.05, 4.69) is 0 Å². The molecule has 0 aromatic rings. The van der Waals surface area contributed by atoms with Gasteiger partial charge in [-0.2, -0.15) is 0 Å². The zero-order valence-electron chi connectivity index (χ0n) is 11.0. The molecule has 1 saturated carbocycles. The summed E-state index contributed by atoms with van der Waals surface area (Å²) in [6.07, 6.45) is 5.86. The quantitative estimate of drug-likeness (QED) is 0.574. The van der Waals surface area contributed by atoms with E-state index in [0.717, 1.165) is 25.7 Å². The van der Waals surface area contributed by atoms with E-state index in [9.17, 15) is 9.59 Å². The van der Waals surface area contributed by atoms with Crippen LogP contribution < -0.4 is 5.73 Å². The second-order valence-electron chi connectivity index (χ2n) is 4.81.